The van der Waals surface area contributed by atoms with Crippen LogP contribution in [0.5, 0.6) is 0 Å². The van der Waals surface area contributed by atoms with Crippen molar-refractivity contribution in [3.63, 3.8) is 0 Å². The molecule has 2 bridgehead atoms. The van der Waals surface area contributed by atoms with Gasteiger partial charge in [-0.05, 0) is 12.2 Å². The van der Waals surface area contributed by atoms with Crippen LogP contribution in [0.1, 0.15) is 19.8 Å². The third kappa shape index (κ3) is 0.967. The van der Waals surface area contributed by atoms with Gasteiger partial charge in [-0.3, -0.25) is 9.59 Å². The Bertz CT molecular complexity index is 279. The number of fused-ring (bicyclic) bond motifs is 2. The molecule has 0 amide bonds. The van der Waals surface area contributed by atoms with Gasteiger partial charge < -0.3 is 4.74 Å². The van der Waals surface area contributed by atoms with Crippen LogP contribution in [0, 0.1) is 5.41 Å². The molecule has 0 aromatic rings. The summed E-state index contributed by atoms with van der Waals surface area (Å²) in [6.45, 7) is 1.83. The highest BCUT2D eigenvalue weighted by molar-refractivity contribution is 5.98. The maximum atomic E-state index is 11.4. The molecule has 12 heavy (non-hydrogen) atoms. The minimum atomic E-state index is -0.491. The Balaban J connectivity index is 2.37. The van der Waals surface area contributed by atoms with Crippen LogP contribution < -0.4 is 0 Å². The predicted octanol–water partition coefficient (Wildman–Crippen LogP) is 0.837. The van der Waals surface area contributed by atoms with Crippen molar-refractivity contribution in [3.8, 4) is 0 Å². The van der Waals surface area contributed by atoms with Crippen molar-refractivity contribution in [1.82, 2.24) is 0 Å². The second kappa shape index (κ2) is 2.19. The number of rotatable bonds is 0. The first-order valence-electron chi connectivity index (χ1n) is 4.02. The average Bonchev–Trinajstić information content (AvgIpc) is 1.96. The maximum Gasteiger partial charge on any atom is 0.307 e. The number of hydrogen-bond acceptors (Lipinski definition) is 3. The topological polar surface area (TPSA) is 43.4 Å². The van der Waals surface area contributed by atoms with Crippen molar-refractivity contribution < 1.29 is 14.3 Å². The van der Waals surface area contributed by atoms with Crippen molar-refractivity contribution in [2.75, 3.05) is 0 Å². The van der Waals surface area contributed by atoms with Gasteiger partial charge in [0.15, 0.2) is 5.78 Å². The molecule has 0 aromatic carbocycles. The Kier molecular flexibility index (Phi) is 1.37. The van der Waals surface area contributed by atoms with E-state index in [2.05, 4.69) is 0 Å². The molecule has 64 valence electrons. The van der Waals surface area contributed by atoms with E-state index < -0.39 is 5.41 Å². The Hall–Kier alpha value is -1.12. The van der Waals surface area contributed by atoms with E-state index >= 15 is 0 Å². The summed E-state index contributed by atoms with van der Waals surface area (Å²) in [5.74, 6) is -0.207. The number of carbonyl (C=O) groups excluding carboxylic acids is 2. The summed E-state index contributed by atoms with van der Waals surface area (Å²) in [6, 6.07) is 0. The van der Waals surface area contributed by atoms with Gasteiger partial charge in [0.1, 0.15) is 6.10 Å². The monoisotopic (exact) mass is 166 g/mol. The Morgan fingerprint density at radius 3 is 3.08 bits per heavy atom. The van der Waals surface area contributed by atoms with Crippen LogP contribution in [-0.4, -0.2) is 17.9 Å². The number of allylic oxidation sites excluding steroid dienone is 1. The van der Waals surface area contributed by atoms with E-state index in [1.54, 1.807) is 6.08 Å². The third-order valence-electron chi connectivity index (χ3n) is 2.53. The van der Waals surface area contributed by atoms with Crippen LogP contribution in [0.4, 0.5) is 0 Å². The molecule has 2 rings (SSSR count). The average molecular weight is 166 g/mol. The number of ketones is 1. The van der Waals surface area contributed by atoms with E-state index in [0.717, 1.165) is 0 Å². The van der Waals surface area contributed by atoms with E-state index in [4.69, 9.17) is 4.74 Å². The fourth-order valence-corrected chi connectivity index (χ4v) is 1.78. The lowest BCUT2D eigenvalue weighted by Crippen LogP contribution is -2.42. The lowest BCUT2D eigenvalue weighted by atomic mass is 9.73. The third-order valence-corrected chi connectivity index (χ3v) is 2.53. The Morgan fingerprint density at radius 1 is 1.58 bits per heavy atom. The summed E-state index contributed by atoms with van der Waals surface area (Å²) >= 11 is 0. The number of hydrogen-bond donors (Lipinski definition) is 0. The largest absolute Gasteiger partial charge is 0.458 e. The molecule has 1 aliphatic carbocycles. The van der Waals surface area contributed by atoms with E-state index in [9.17, 15) is 9.59 Å². The van der Waals surface area contributed by atoms with Crippen molar-refractivity contribution in [3.05, 3.63) is 12.2 Å². The van der Waals surface area contributed by atoms with Gasteiger partial charge in [0.25, 0.3) is 0 Å². The van der Waals surface area contributed by atoms with Gasteiger partial charge in [-0.25, -0.2) is 0 Å². The van der Waals surface area contributed by atoms with Gasteiger partial charge in [-0.1, -0.05) is 6.92 Å². The van der Waals surface area contributed by atoms with Crippen molar-refractivity contribution >= 4 is 11.8 Å². The molecule has 1 saturated heterocycles. The SMILES string of the molecule is CC12CC(=O)OC(C=CC1=O)C2. The van der Waals surface area contributed by atoms with Crippen LogP contribution in [0.25, 0.3) is 0 Å². The minimum absolute atomic E-state index is 0.0513. The molecule has 2 aliphatic rings. The summed E-state index contributed by atoms with van der Waals surface area (Å²) in [4.78, 5) is 22.4. The molecule has 0 radical (unpaired) electrons. The molecule has 0 N–H and O–H groups in total. The first-order chi connectivity index (χ1) is 5.60. The highest BCUT2D eigenvalue weighted by Crippen LogP contribution is 2.38. The van der Waals surface area contributed by atoms with Gasteiger partial charge in [0, 0.05) is 11.8 Å². The van der Waals surface area contributed by atoms with E-state index in [1.165, 1.54) is 6.08 Å². The van der Waals surface area contributed by atoms with Crippen molar-refractivity contribution in [1.29, 1.82) is 0 Å². The predicted molar refractivity (Wildman–Crippen MR) is 41.4 cm³/mol. The van der Waals surface area contributed by atoms with Crippen LogP contribution in [0.15, 0.2) is 12.2 Å². The lowest BCUT2D eigenvalue weighted by Gasteiger charge is -2.36. The van der Waals surface area contributed by atoms with Gasteiger partial charge in [0.2, 0.25) is 0 Å². The molecular formula is C9H10O3. The van der Waals surface area contributed by atoms with Crippen LogP contribution >= 0.6 is 0 Å². The molecule has 0 aromatic heterocycles. The molecular weight excluding hydrogens is 156 g/mol. The molecule has 1 aliphatic heterocycles. The smallest absolute Gasteiger partial charge is 0.307 e. The summed E-state index contributed by atoms with van der Waals surface area (Å²) in [5, 5.41) is 0. The van der Waals surface area contributed by atoms with Gasteiger partial charge >= 0.3 is 5.97 Å². The first kappa shape index (κ1) is 7.53. The Morgan fingerprint density at radius 2 is 2.33 bits per heavy atom. The zero-order chi connectivity index (χ0) is 8.77. The summed E-state index contributed by atoms with van der Waals surface area (Å²) < 4.78 is 4.99. The van der Waals surface area contributed by atoms with Crippen LogP contribution in [-0.2, 0) is 14.3 Å². The van der Waals surface area contributed by atoms with Crippen LogP contribution in [0.2, 0.25) is 0 Å². The second-order valence-corrected chi connectivity index (χ2v) is 3.69. The number of ether oxygens (including phenoxy) is 1. The molecule has 3 heteroatoms. The van der Waals surface area contributed by atoms with Crippen molar-refractivity contribution in [2.45, 2.75) is 25.9 Å². The molecule has 3 nitrogen and oxygen atoms in total. The number of esters is 1. The molecule has 0 spiro atoms. The second-order valence-electron chi connectivity index (χ2n) is 3.69. The lowest BCUT2D eigenvalue weighted by molar-refractivity contribution is -0.162. The van der Waals surface area contributed by atoms with Gasteiger partial charge in [-0.2, -0.15) is 0 Å². The highest BCUT2D eigenvalue weighted by atomic mass is 16.5. The fraction of sp³-hybridized carbons (Fsp3) is 0.556. The van der Waals surface area contributed by atoms with E-state index in [1.807, 2.05) is 6.92 Å². The van der Waals surface area contributed by atoms with E-state index in [-0.39, 0.29) is 24.3 Å². The number of carbonyl (C=O) groups is 2. The standard InChI is InChI=1S/C9H10O3/c1-9-4-6(2-3-7(9)10)12-8(11)5-9/h2-3,6H,4-5H2,1H3. The molecule has 1 heterocycles. The quantitative estimate of drug-likeness (QED) is 0.501. The molecule has 2 atom stereocenters. The summed E-state index contributed by atoms with van der Waals surface area (Å²) in [7, 11) is 0. The normalized spacial score (nSPS) is 39.6. The van der Waals surface area contributed by atoms with Crippen molar-refractivity contribution in [2.24, 2.45) is 5.41 Å². The van der Waals surface area contributed by atoms with Gasteiger partial charge in [0.05, 0.1) is 6.42 Å². The fourth-order valence-electron chi connectivity index (χ4n) is 1.78. The van der Waals surface area contributed by atoms with Gasteiger partial charge in [-0.15, -0.1) is 0 Å². The van der Waals surface area contributed by atoms with E-state index in [0.29, 0.717) is 6.42 Å². The molecule has 2 unspecified atom stereocenters. The molecule has 1 fully saturated rings. The maximum absolute atomic E-state index is 11.4. The summed E-state index contributed by atoms with van der Waals surface area (Å²) in [5.41, 5.74) is -0.491. The minimum Gasteiger partial charge on any atom is -0.458 e. The molecule has 0 saturated carbocycles. The zero-order valence-corrected chi connectivity index (χ0v) is 6.87. The summed E-state index contributed by atoms with van der Waals surface area (Å²) in [6.07, 6.45) is 3.90. The first-order valence-corrected chi connectivity index (χ1v) is 4.02. The highest BCUT2D eigenvalue weighted by Gasteiger charge is 2.43. The Labute approximate surface area is 70.4 Å². The van der Waals surface area contributed by atoms with Crippen LogP contribution in [0.3, 0.4) is 0 Å². The zero-order valence-electron chi connectivity index (χ0n) is 6.87.